The highest BCUT2D eigenvalue weighted by molar-refractivity contribution is 7.90. The van der Waals surface area contributed by atoms with Crippen molar-refractivity contribution in [2.45, 2.75) is 4.90 Å². The van der Waals surface area contributed by atoms with Gasteiger partial charge < -0.3 is 4.74 Å². The fourth-order valence-electron chi connectivity index (χ4n) is 2.74. The monoisotopic (exact) mass is 398 g/mol. The van der Waals surface area contributed by atoms with Gasteiger partial charge in [-0.05, 0) is 29.3 Å². The standard InChI is InChI=1S/C20H18N2O5S/c1-27-18-9-5-8-17(16-6-3-2-4-7-16)20(18)28(25,26)22-13-12-15(14-22)10-11-19(23)21-24/h2-14,24H,1H3,(H,21,23)/b11-10+. The Kier molecular flexibility index (Phi) is 5.62. The quantitative estimate of drug-likeness (QED) is 0.378. The van der Waals surface area contributed by atoms with Crippen molar-refractivity contribution < 1.29 is 23.2 Å². The molecule has 0 aliphatic rings. The van der Waals surface area contributed by atoms with E-state index in [0.29, 0.717) is 11.1 Å². The van der Waals surface area contributed by atoms with E-state index in [2.05, 4.69) is 0 Å². The molecule has 0 aliphatic heterocycles. The molecule has 144 valence electrons. The highest BCUT2D eigenvalue weighted by Gasteiger charge is 2.26. The molecule has 0 atom stereocenters. The molecule has 2 aromatic carbocycles. The van der Waals surface area contributed by atoms with E-state index in [-0.39, 0.29) is 10.6 Å². The normalized spacial score (nSPS) is 11.5. The van der Waals surface area contributed by atoms with Crippen LogP contribution in [0, 0.1) is 0 Å². The number of benzene rings is 2. The predicted molar refractivity (Wildman–Crippen MR) is 104 cm³/mol. The summed E-state index contributed by atoms with van der Waals surface area (Å²) in [6.07, 6.45) is 5.23. The fraction of sp³-hybridized carbons (Fsp3) is 0.0500. The molecule has 0 fully saturated rings. The summed E-state index contributed by atoms with van der Waals surface area (Å²) in [6, 6.07) is 15.7. The molecule has 7 nitrogen and oxygen atoms in total. The zero-order chi connectivity index (χ0) is 20.1. The van der Waals surface area contributed by atoms with Gasteiger partial charge in [-0.1, -0.05) is 42.5 Å². The Morgan fingerprint density at radius 1 is 1.11 bits per heavy atom. The maximum absolute atomic E-state index is 13.4. The molecule has 0 saturated heterocycles. The molecule has 1 heterocycles. The number of hydroxylamine groups is 1. The van der Waals surface area contributed by atoms with Crippen LogP contribution in [0.2, 0.25) is 0 Å². The van der Waals surface area contributed by atoms with Gasteiger partial charge in [-0.2, -0.15) is 0 Å². The zero-order valence-electron chi connectivity index (χ0n) is 14.9. The summed E-state index contributed by atoms with van der Waals surface area (Å²) in [4.78, 5) is 11.2. The summed E-state index contributed by atoms with van der Waals surface area (Å²) in [7, 11) is -2.56. The number of carbonyl (C=O) groups is 1. The number of hydrogen-bond acceptors (Lipinski definition) is 5. The summed E-state index contributed by atoms with van der Waals surface area (Å²) in [5.41, 5.74) is 3.21. The van der Waals surface area contributed by atoms with Gasteiger partial charge in [-0.25, -0.2) is 17.9 Å². The van der Waals surface area contributed by atoms with E-state index in [1.807, 2.05) is 30.3 Å². The van der Waals surface area contributed by atoms with Crippen LogP contribution in [0.15, 0.2) is 78.0 Å². The van der Waals surface area contributed by atoms with Crippen LogP contribution in [-0.2, 0) is 14.8 Å². The minimum absolute atomic E-state index is 0.0444. The second kappa shape index (κ2) is 8.12. The van der Waals surface area contributed by atoms with Crippen LogP contribution in [0.3, 0.4) is 0 Å². The number of carbonyl (C=O) groups excluding carboxylic acids is 1. The lowest BCUT2D eigenvalue weighted by Gasteiger charge is -2.15. The molecule has 0 aliphatic carbocycles. The Hall–Kier alpha value is -3.36. The SMILES string of the molecule is COc1cccc(-c2ccccc2)c1S(=O)(=O)n1ccc(/C=C/C(=O)NO)c1. The Morgan fingerprint density at radius 2 is 1.86 bits per heavy atom. The molecule has 1 aromatic heterocycles. The Labute approximate surface area is 162 Å². The first-order valence-electron chi connectivity index (χ1n) is 8.25. The van der Waals surface area contributed by atoms with E-state index in [1.54, 1.807) is 18.2 Å². The van der Waals surface area contributed by atoms with E-state index in [1.165, 1.54) is 37.1 Å². The van der Waals surface area contributed by atoms with Crippen LogP contribution in [0.25, 0.3) is 17.2 Å². The topological polar surface area (TPSA) is 97.6 Å². The molecule has 0 spiro atoms. The molecule has 3 aromatic rings. The molecule has 3 rings (SSSR count). The third-order valence-electron chi connectivity index (χ3n) is 4.05. The maximum atomic E-state index is 13.4. The van der Waals surface area contributed by atoms with Crippen molar-refractivity contribution in [3.63, 3.8) is 0 Å². The van der Waals surface area contributed by atoms with Crippen molar-refractivity contribution in [3.8, 4) is 16.9 Å². The third-order valence-corrected chi connectivity index (χ3v) is 5.77. The van der Waals surface area contributed by atoms with Crippen molar-refractivity contribution in [3.05, 3.63) is 78.6 Å². The summed E-state index contributed by atoms with van der Waals surface area (Å²) in [6.45, 7) is 0. The fourth-order valence-corrected chi connectivity index (χ4v) is 4.30. The van der Waals surface area contributed by atoms with Gasteiger partial charge in [-0.15, -0.1) is 0 Å². The first kappa shape index (κ1) is 19.4. The number of amides is 1. The van der Waals surface area contributed by atoms with E-state index < -0.39 is 15.9 Å². The lowest BCUT2D eigenvalue weighted by Crippen LogP contribution is -2.14. The number of nitrogens with zero attached hydrogens (tertiary/aromatic N) is 1. The Balaban J connectivity index is 2.11. The molecular weight excluding hydrogens is 380 g/mol. The van der Waals surface area contributed by atoms with Gasteiger partial charge in [0.15, 0.2) is 0 Å². The summed E-state index contributed by atoms with van der Waals surface area (Å²) >= 11 is 0. The average Bonchev–Trinajstić information content (AvgIpc) is 3.22. The van der Waals surface area contributed by atoms with Crippen LogP contribution in [0.1, 0.15) is 5.56 Å². The van der Waals surface area contributed by atoms with Gasteiger partial charge in [0, 0.05) is 24.0 Å². The molecular formula is C20H18N2O5S. The van der Waals surface area contributed by atoms with Crippen molar-refractivity contribution in [1.82, 2.24) is 9.45 Å². The first-order chi connectivity index (χ1) is 13.5. The van der Waals surface area contributed by atoms with Crippen LogP contribution in [-0.4, -0.2) is 30.6 Å². The van der Waals surface area contributed by atoms with Gasteiger partial charge >= 0.3 is 0 Å². The van der Waals surface area contributed by atoms with Gasteiger partial charge in [-0.3, -0.25) is 10.0 Å². The molecule has 0 saturated carbocycles. The number of rotatable bonds is 6. The maximum Gasteiger partial charge on any atom is 0.271 e. The van der Waals surface area contributed by atoms with E-state index in [9.17, 15) is 13.2 Å². The lowest BCUT2D eigenvalue weighted by atomic mass is 10.1. The lowest BCUT2D eigenvalue weighted by molar-refractivity contribution is -0.124. The molecule has 28 heavy (non-hydrogen) atoms. The molecule has 0 radical (unpaired) electrons. The van der Waals surface area contributed by atoms with Crippen molar-refractivity contribution >= 4 is 22.0 Å². The van der Waals surface area contributed by atoms with Crippen LogP contribution < -0.4 is 10.2 Å². The zero-order valence-corrected chi connectivity index (χ0v) is 15.8. The van der Waals surface area contributed by atoms with E-state index >= 15 is 0 Å². The van der Waals surface area contributed by atoms with Crippen molar-refractivity contribution in [1.29, 1.82) is 0 Å². The Morgan fingerprint density at radius 3 is 2.54 bits per heavy atom. The second-order valence-electron chi connectivity index (χ2n) is 5.79. The third kappa shape index (κ3) is 3.83. The molecule has 0 bridgehead atoms. The number of hydrogen-bond donors (Lipinski definition) is 2. The average molecular weight is 398 g/mol. The van der Waals surface area contributed by atoms with Gasteiger partial charge in [0.05, 0.1) is 7.11 Å². The number of methoxy groups -OCH3 is 1. The summed E-state index contributed by atoms with van der Waals surface area (Å²) in [5.74, 6) is -0.487. The van der Waals surface area contributed by atoms with Crippen molar-refractivity contribution in [2.24, 2.45) is 0 Å². The molecule has 8 heteroatoms. The van der Waals surface area contributed by atoms with E-state index in [4.69, 9.17) is 9.94 Å². The Bertz CT molecular complexity index is 1120. The minimum Gasteiger partial charge on any atom is -0.495 e. The smallest absolute Gasteiger partial charge is 0.271 e. The van der Waals surface area contributed by atoms with Gasteiger partial charge in [0.2, 0.25) is 0 Å². The molecule has 1 amide bonds. The van der Waals surface area contributed by atoms with Crippen LogP contribution in [0.4, 0.5) is 0 Å². The van der Waals surface area contributed by atoms with E-state index in [0.717, 1.165) is 15.6 Å². The minimum atomic E-state index is -3.98. The molecule has 0 unspecified atom stereocenters. The van der Waals surface area contributed by atoms with Crippen LogP contribution >= 0.6 is 0 Å². The van der Waals surface area contributed by atoms with Crippen LogP contribution in [0.5, 0.6) is 5.75 Å². The molecule has 2 N–H and O–H groups in total. The largest absolute Gasteiger partial charge is 0.495 e. The number of nitrogens with one attached hydrogen (secondary N) is 1. The summed E-state index contributed by atoms with van der Waals surface area (Å²) < 4.78 is 33.1. The second-order valence-corrected chi connectivity index (χ2v) is 7.57. The highest BCUT2D eigenvalue weighted by Crippen LogP contribution is 2.36. The van der Waals surface area contributed by atoms with Crippen molar-refractivity contribution in [2.75, 3.05) is 7.11 Å². The van der Waals surface area contributed by atoms with Gasteiger partial charge in [0.25, 0.3) is 15.9 Å². The van der Waals surface area contributed by atoms with Gasteiger partial charge in [0.1, 0.15) is 10.6 Å². The predicted octanol–water partition coefficient (Wildman–Crippen LogP) is 2.92. The number of ether oxygens (including phenoxy) is 1. The highest BCUT2D eigenvalue weighted by atomic mass is 32.2. The number of aromatic nitrogens is 1. The summed E-state index contributed by atoms with van der Waals surface area (Å²) in [5, 5.41) is 8.53. The first-order valence-corrected chi connectivity index (χ1v) is 9.69.